The fourth-order valence-corrected chi connectivity index (χ4v) is 5.26. The molecule has 172 valence electrons. The molecule has 31 heavy (non-hydrogen) atoms. The number of piperazine rings is 1. The summed E-state index contributed by atoms with van der Waals surface area (Å²) in [4.78, 5) is 21.1. The third kappa shape index (κ3) is 6.11. The lowest BCUT2D eigenvalue weighted by atomic mass is 9.78. The van der Waals surface area contributed by atoms with E-state index in [0.29, 0.717) is 5.92 Å². The first-order valence-corrected chi connectivity index (χ1v) is 11.5. The summed E-state index contributed by atoms with van der Waals surface area (Å²) in [7, 11) is 0. The van der Waals surface area contributed by atoms with Crippen LogP contribution in [0.25, 0.3) is 0 Å². The second-order valence-corrected chi connectivity index (χ2v) is 9.25. The third-order valence-electron chi connectivity index (χ3n) is 7.01. The normalized spacial score (nSPS) is 24.7. The number of Topliss-reactive ketones (excluding diaryl/α,β-unsaturated/α-hetero) is 1. The number of rotatable bonds is 7. The highest BCUT2D eigenvalue weighted by atomic mass is 19.4. The average molecular weight is 440 g/mol. The van der Waals surface area contributed by atoms with Crippen molar-refractivity contribution in [2.75, 3.05) is 44.2 Å². The van der Waals surface area contributed by atoms with Gasteiger partial charge in [-0.2, -0.15) is 13.2 Å². The molecule has 0 N–H and O–H groups in total. The molecule has 2 aliphatic heterocycles. The summed E-state index contributed by atoms with van der Waals surface area (Å²) in [5, 5.41) is 0. The molecule has 0 bridgehead atoms. The lowest BCUT2D eigenvalue weighted by Crippen LogP contribution is -2.47. The SMILES string of the molecule is O=C(CC1CCC(CCN2CCN(c3nccc4c3CCO4)CC2)CC1)CC(F)(F)F. The summed E-state index contributed by atoms with van der Waals surface area (Å²) in [6, 6.07) is 1.95. The van der Waals surface area contributed by atoms with Crippen LogP contribution in [-0.4, -0.2) is 61.2 Å². The number of halogens is 3. The van der Waals surface area contributed by atoms with E-state index in [1.807, 2.05) is 12.3 Å². The number of nitrogens with zero attached hydrogens (tertiary/aromatic N) is 3. The molecule has 0 radical (unpaired) electrons. The van der Waals surface area contributed by atoms with Gasteiger partial charge in [-0.25, -0.2) is 4.98 Å². The maximum atomic E-state index is 12.3. The molecule has 1 aromatic heterocycles. The zero-order chi connectivity index (χ0) is 21.8. The fourth-order valence-electron chi connectivity index (χ4n) is 5.26. The second-order valence-electron chi connectivity index (χ2n) is 9.25. The van der Waals surface area contributed by atoms with Gasteiger partial charge >= 0.3 is 6.18 Å². The predicted octanol–water partition coefficient (Wildman–Crippen LogP) is 4.25. The monoisotopic (exact) mass is 439 g/mol. The largest absolute Gasteiger partial charge is 0.493 e. The highest BCUT2D eigenvalue weighted by molar-refractivity contribution is 5.79. The smallest absolute Gasteiger partial charge is 0.395 e. The van der Waals surface area contributed by atoms with E-state index in [-0.39, 0.29) is 12.3 Å². The number of hydrogen-bond donors (Lipinski definition) is 0. The Morgan fingerprint density at radius 1 is 1.10 bits per heavy atom. The van der Waals surface area contributed by atoms with Gasteiger partial charge in [0, 0.05) is 50.8 Å². The first kappa shape index (κ1) is 22.4. The van der Waals surface area contributed by atoms with Crippen molar-refractivity contribution in [3.05, 3.63) is 17.8 Å². The number of carbonyl (C=O) groups excluding carboxylic acids is 1. The lowest BCUT2D eigenvalue weighted by molar-refractivity contribution is -0.153. The highest BCUT2D eigenvalue weighted by Crippen LogP contribution is 2.35. The quantitative estimate of drug-likeness (QED) is 0.636. The van der Waals surface area contributed by atoms with Crippen LogP contribution < -0.4 is 9.64 Å². The van der Waals surface area contributed by atoms with Crippen LogP contribution in [0.4, 0.5) is 19.0 Å². The van der Waals surface area contributed by atoms with E-state index in [1.54, 1.807) is 0 Å². The third-order valence-corrected chi connectivity index (χ3v) is 7.01. The molecule has 0 unspecified atom stereocenters. The van der Waals surface area contributed by atoms with Gasteiger partial charge in [-0.1, -0.05) is 12.8 Å². The Morgan fingerprint density at radius 2 is 1.81 bits per heavy atom. The van der Waals surface area contributed by atoms with E-state index >= 15 is 0 Å². The van der Waals surface area contributed by atoms with E-state index in [4.69, 9.17) is 4.74 Å². The molecule has 2 fully saturated rings. The number of aromatic nitrogens is 1. The van der Waals surface area contributed by atoms with Crippen molar-refractivity contribution in [3.63, 3.8) is 0 Å². The highest BCUT2D eigenvalue weighted by Gasteiger charge is 2.33. The molecule has 0 atom stereocenters. The van der Waals surface area contributed by atoms with Crippen molar-refractivity contribution in [2.45, 2.75) is 57.5 Å². The van der Waals surface area contributed by atoms with Crippen LogP contribution in [0.15, 0.2) is 12.3 Å². The summed E-state index contributed by atoms with van der Waals surface area (Å²) < 4.78 is 42.7. The Labute approximate surface area is 181 Å². The van der Waals surface area contributed by atoms with E-state index in [0.717, 1.165) is 89.4 Å². The topological polar surface area (TPSA) is 45.7 Å². The maximum absolute atomic E-state index is 12.3. The molecular weight excluding hydrogens is 407 g/mol. The summed E-state index contributed by atoms with van der Waals surface area (Å²) in [6.45, 7) is 5.79. The van der Waals surface area contributed by atoms with Gasteiger partial charge in [0.25, 0.3) is 0 Å². The van der Waals surface area contributed by atoms with Gasteiger partial charge in [-0.05, 0) is 43.7 Å². The first-order valence-electron chi connectivity index (χ1n) is 11.5. The van der Waals surface area contributed by atoms with E-state index in [1.165, 1.54) is 5.56 Å². The van der Waals surface area contributed by atoms with Gasteiger partial charge in [-0.3, -0.25) is 9.69 Å². The molecule has 5 nitrogen and oxygen atoms in total. The number of anilines is 1. The average Bonchev–Trinajstić information content (AvgIpc) is 3.21. The Morgan fingerprint density at radius 3 is 2.52 bits per heavy atom. The molecular formula is C23H32F3N3O2. The van der Waals surface area contributed by atoms with Crippen molar-refractivity contribution in [1.82, 2.24) is 9.88 Å². The van der Waals surface area contributed by atoms with Crippen LogP contribution in [-0.2, 0) is 11.2 Å². The Bertz CT molecular complexity index is 755. The van der Waals surface area contributed by atoms with Crippen molar-refractivity contribution < 1.29 is 22.7 Å². The minimum absolute atomic E-state index is 0.0937. The Balaban J connectivity index is 1.15. The van der Waals surface area contributed by atoms with E-state index in [2.05, 4.69) is 14.8 Å². The van der Waals surface area contributed by atoms with Crippen molar-refractivity contribution >= 4 is 11.6 Å². The zero-order valence-corrected chi connectivity index (χ0v) is 18.0. The maximum Gasteiger partial charge on any atom is 0.395 e. The van der Waals surface area contributed by atoms with Gasteiger partial charge in [0.1, 0.15) is 23.8 Å². The molecule has 4 rings (SSSR count). The number of ether oxygens (including phenoxy) is 1. The molecule has 1 saturated heterocycles. The zero-order valence-electron chi connectivity index (χ0n) is 18.0. The summed E-state index contributed by atoms with van der Waals surface area (Å²) >= 11 is 0. The second kappa shape index (κ2) is 9.76. The van der Waals surface area contributed by atoms with Crippen LogP contribution in [0.5, 0.6) is 5.75 Å². The van der Waals surface area contributed by atoms with Crippen LogP contribution >= 0.6 is 0 Å². The fraction of sp³-hybridized carbons (Fsp3) is 0.739. The predicted molar refractivity (Wildman–Crippen MR) is 112 cm³/mol. The molecule has 1 saturated carbocycles. The minimum atomic E-state index is -4.37. The standard InChI is InChI=1S/C23H32F3N3O2/c24-23(25,26)16-19(30)15-18-3-1-17(2-4-18)6-9-28-10-12-29(13-11-28)22-20-7-14-31-21(20)5-8-27-22/h5,8,17-18H,1-4,6-7,9-16H2. The van der Waals surface area contributed by atoms with Gasteiger partial charge in [0.15, 0.2) is 0 Å². The summed E-state index contributed by atoms with van der Waals surface area (Å²) in [6.07, 6.45) is 2.18. The van der Waals surface area contributed by atoms with Crippen LogP contribution in [0.3, 0.4) is 0 Å². The molecule has 8 heteroatoms. The molecule has 3 heterocycles. The lowest BCUT2D eigenvalue weighted by Gasteiger charge is -2.37. The van der Waals surface area contributed by atoms with Gasteiger partial charge in [0.05, 0.1) is 6.61 Å². The van der Waals surface area contributed by atoms with Gasteiger partial charge in [0.2, 0.25) is 0 Å². The number of carbonyl (C=O) groups is 1. The molecule has 3 aliphatic rings. The van der Waals surface area contributed by atoms with Gasteiger partial charge in [-0.15, -0.1) is 0 Å². The number of hydrogen-bond acceptors (Lipinski definition) is 5. The number of ketones is 1. The van der Waals surface area contributed by atoms with Crippen molar-refractivity contribution in [1.29, 1.82) is 0 Å². The summed E-state index contributed by atoms with van der Waals surface area (Å²) in [5.41, 5.74) is 1.24. The Hall–Kier alpha value is -1.83. The Kier molecular flexibility index (Phi) is 7.04. The van der Waals surface area contributed by atoms with Crippen molar-refractivity contribution in [3.8, 4) is 5.75 Å². The molecule has 0 amide bonds. The van der Waals surface area contributed by atoms with Crippen LogP contribution in [0.2, 0.25) is 0 Å². The molecule has 0 spiro atoms. The number of alkyl halides is 3. The van der Waals surface area contributed by atoms with Crippen LogP contribution in [0, 0.1) is 11.8 Å². The number of pyridine rings is 1. The first-order chi connectivity index (χ1) is 14.9. The molecule has 1 aromatic rings. The van der Waals surface area contributed by atoms with E-state index < -0.39 is 18.4 Å². The summed E-state index contributed by atoms with van der Waals surface area (Å²) in [5.74, 6) is 2.16. The number of fused-ring (bicyclic) bond motifs is 1. The molecule has 0 aromatic carbocycles. The minimum Gasteiger partial charge on any atom is -0.493 e. The van der Waals surface area contributed by atoms with Crippen LogP contribution in [0.1, 0.15) is 50.5 Å². The van der Waals surface area contributed by atoms with Crippen molar-refractivity contribution in [2.24, 2.45) is 11.8 Å². The molecule has 1 aliphatic carbocycles. The van der Waals surface area contributed by atoms with E-state index in [9.17, 15) is 18.0 Å². The van der Waals surface area contributed by atoms with Gasteiger partial charge < -0.3 is 9.64 Å².